The van der Waals surface area contributed by atoms with Crippen LogP contribution in [0.1, 0.15) is 21.5 Å². The summed E-state index contributed by atoms with van der Waals surface area (Å²) in [6, 6.07) is 10.4. The first-order chi connectivity index (χ1) is 9.56. The maximum absolute atomic E-state index is 12.5. The predicted octanol–water partition coefficient (Wildman–Crippen LogP) is 3.90. The molecule has 0 saturated heterocycles. The summed E-state index contributed by atoms with van der Waals surface area (Å²) in [4.78, 5) is 12.5. The van der Waals surface area contributed by atoms with Gasteiger partial charge in [0.25, 0.3) is 0 Å². The van der Waals surface area contributed by atoms with E-state index in [-0.39, 0.29) is 5.78 Å². The van der Waals surface area contributed by atoms with Gasteiger partial charge in [-0.2, -0.15) is 0 Å². The lowest BCUT2D eigenvalue weighted by Crippen LogP contribution is -2.04. The number of ether oxygens (including phenoxy) is 2. The molecule has 0 heterocycles. The molecule has 4 heteroatoms. The lowest BCUT2D eigenvalue weighted by Gasteiger charge is -2.10. The van der Waals surface area contributed by atoms with Crippen LogP contribution in [0.15, 0.2) is 36.4 Å². The molecule has 0 spiro atoms. The number of carbonyl (C=O) groups is 1. The summed E-state index contributed by atoms with van der Waals surface area (Å²) >= 11 is 5.96. The highest BCUT2D eigenvalue weighted by atomic mass is 35.5. The summed E-state index contributed by atoms with van der Waals surface area (Å²) in [5.41, 5.74) is 2.01. The Morgan fingerprint density at radius 1 is 1.00 bits per heavy atom. The van der Waals surface area contributed by atoms with Gasteiger partial charge in [0, 0.05) is 16.1 Å². The van der Waals surface area contributed by atoms with E-state index in [0.717, 1.165) is 5.56 Å². The smallest absolute Gasteiger partial charge is 0.193 e. The molecule has 0 atom stereocenters. The van der Waals surface area contributed by atoms with Crippen molar-refractivity contribution in [3.05, 3.63) is 58.1 Å². The van der Waals surface area contributed by atoms with E-state index in [9.17, 15) is 4.79 Å². The zero-order valence-corrected chi connectivity index (χ0v) is 12.3. The van der Waals surface area contributed by atoms with E-state index in [1.807, 2.05) is 13.0 Å². The van der Waals surface area contributed by atoms with Gasteiger partial charge in [-0.1, -0.05) is 17.7 Å². The average Bonchev–Trinajstić information content (AvgIpc) is 2.48. The molecule has 0 saturated carbocycles. The van der Waals surface area contributed by atoms with Gasteiger partial charge in [-0.3, -0.25) is 4.79 Å². The Morgan fingerprint density at radius 2 is 1.70 bits per heavy atom. The van der Waals surface area contributed by atoms with Gasteiger partial charge in [-0.05, 0) is 42.8 Å². The van der Waals surface area contributed by atoms with Crippen LogP contribution in [0.3, 0.4) is 0 Å². The van der Waals surface area contributed by atoms with Gasteiger partial charge in [0.2, 0.25) is 0 Å². The van der Waals surface area contributed by atoms with Crippen LogP contribution in [0.25, 0.3) is 0 Å². The number of hydrogen-bond acceptors (Lipinski definition) is 3. The zero-order valence-electron chi connectivity index (χ0n) is 11.6. The van der Waals surface area contributed by atoms with E-state index in [2.05, 4.69) is 0 Å². The number of rotatable bonds is 4. The van der Waals surface area contributed by atoms with Crippen LogP contribution in [0.4, 0.5) is 0 Å². The normalized spacial score (nSPS) is 10.2. The standard InChI is InChI=1S/C16H15ClO3/c1-10-4-6-12(17)9-13(10)16(18)11-5-7-14(19-2)15(8-11)20-3/h4-9H,1-3H3. The van der Waals surface area contributed by atoms with Crippen LogP contribution >= 0.6 is 11.6 Å². The second-order valence-electron chi connectivity index (χ2n) is 4.36. The third-order valence-corrected chi connectivity index (χ3v) is 3.33. The number of aryl methyl sites for hydroxylation is 1. The molecule has 0 bridgehead atoms. The predicted molar refractivity (Wildman–Crippen MR) is 79.2 cm³/mol. The summed E-state index contributed by atoms with van der Waals surface area (Å²) in [6.45, 7) is 1.88. The van der Waals surface area contributed by atoms with Crippen LogP contribution in [-0.4, -0.2) is 20.0 Å². The van der Waals surface area contributed by atoms with E-state index in [4.69, 9.17) is 21.1 Å². The van der Waals surface area contributed by atoms with Crippen molar-refractivity contribution in [3.63, 3.8) is 0 Å². The average molecular weight is 291 g/mol. The van der Waals surface area contributed by atoms with Crippen molar-refractivity contribution < 1.29 is 14.3 Å². The zero-order chi connectivity index (χ0) is 14.7. The molecule has 2 rings (SSSR count). The Balaban J connectivity index is 2.45. The van der Waals surface area contributed by atoms with E-state index in [1.54, 1.807) is 37.4 Å². The number of methoxy groups -OCH3 is 2. The third-order valence-electron chi connectivity index (χ3n) is 3.09. The van der Waals surface area contributed by atoms with E-state index in [0.29, 0.717) is 27.6 Å². The Kier molecular flexibility index (Phi) is 4.30. The van der Waals surface area contributed by atoms with E-state index in [1.165, 1.54) is 7.11 Å². The van der Waals surface area contributed by atoms with Crippen LogP contribution in [0.2, 0.25) is 5.02 Å². The minimum atomic E-state index is -0.0917. The molecule has 0 fully saturated rings. The van der Waals surface area contributed by atoms with Gasteiger partial charge in [0.05, 0.1) is 14.2 Å². The van der Waals surface area contributed by atoms with Crippen LogP contribution in [-0.2, 0) is 0 Å². The molecule has 0 aliphatic rings. The fourth-order valence-corrected chi connectivity index (χ4v) is 2.14. The highest BCUT2D eigenvalue weighted by molar-refractivity contribution is 6.31. The van der Waals surface area contributed by atoms with Crippen molar-refractivity contribution in [3.8, 4) is 11.5 Å². The Hall–Kier alpha value is -2.00. The highest BCUT2D eigenvalue weighted by Crippen LogP contribution is 2.29. The molecule has 0 aromatic heterocycles. The van der Waals surface area contributed by atoms with Gasteiger partial charge >= 0.3 is 0 Å². The molecule has 3 nitrogen and oxygen atoms in total. The van der Waals surface area contributed by atoms with Gasteiger partial charge < -0.3 is 9.47 Å². The number of benzene rings is 2. The van der Waals surface area contributed by atoms with Crippen LogP contribution < -0.4 is 9.47 Å². The van der Waals surface area contributed by atoms with Crippen molar-refractivity contribution in [2.75, 3.05) is 14.2 Å². The van der Waals surface area contributed by atoms with Crippen molar-refractivity contribution in [2.45, 2.75) is 6.92 Å². The van der Waals surface area contributed by atoms with Crippen molar-refractivity contribution in [1.29, 1.82) is 0 Å². The minimum Gasteiger partial charge on any atom is -0.493 e. The first kappa shape index (κ1) is 14.4. The van der Waals surface area contributed by atoms with Gasteiger partial charge in [-0.15, -0.1) is 0 Å². The quantitative estimate of drug-likeness (QED) is 0.801. The summed E-state index contributed by atoms with van der Waals surface area (Å²) in [6.07, 6.45) is 0. The number of ketones is 1. The summed E-state index contributed by atoms with van der Waals surface area (Å²) in [5.74, 6) is 1.02. The molecule has 0 aliphatic heterocycles. The molecule has 104 valence electrons. The van der Waals surface area contributed by atoms with E-state index < -0.39 is 0 Å². The maximum Gasteiger partial charge on any atom is 0.193 e. The summed E-state index contributed by atoms with van der Waals surface area (Å²) in [7, 11) is 3.09. The maximum atomic E-state index is 12.5. The molecule has 0 radical (unpaired) electrons. The van der Waals surface area contributed by atoms with Crippen molar-refractivity contribution >= 4 is 17.4 Å². The molecule has 2 aromatic carbocycles. The lowest BCUT2D eigenvalue weighted by atomic mass is 9.99. The number of halogens is 1. The molecular formula is C16H15ClO3. The number of carbonyl (C=O) groups excluding carboxylic acids is 1. The minimum absolute atomic E-state index is 0.0917. The summed E-state index contributed by atoms with van der Waals surface area (Å²) in [5, 5.41) is 0.541. The molecule has 0 amide bonds. The third kappa shape index (κ3) is 2.78. The first-order valence-electron chi connectivity index (χ1n) is 6.09. The lowest BCUT2D eigenvalue weighted by molar-refractivity contribution is 0.103. The van der Waals surface area contributed by atoms with Crippen molar-refractivity contribution in [1.82, 2.24) is 0 Å². The first-order valence-corrected chi connectivity index (χ1v) is 6.47. The Morgan fingerprint density at radius 3 is 2.35 bits per heavy atom. The van der Waals surface area contributed by atoms with Gasteiger partial charge in [0.1, 0.15) is 0 Å². The molecule has 0 N–H and O–H groups in total. The Bertz CT molecular complexity index is 650. The van der Waals surface area contributed by atoms with Crippen molar-refractivity contribution in [2.24, 2.45) is 0 Å². The van der Waals surface area contributed by atoms with Crippen LogP contribution in [0, 0.1) is 6.92 Å². The highest BCUT2D eigenvalue weighted by Gasteiger charge is 2.15. The topological polar surface area (TPSA) is 35.5 Å². The fourth-order valence-electron chi connectivity index (χ4n) is 1.97. The second-order valence-corrected chi connectivity index (χ2v) is 4.79. The molecule has 20 heavy (non-hydrogen) atoms. The number of hydrogen-bond donors (Lipinski definition) is 0. The van der Waals surface area contributed by atoms with Gasteiger partial charge in [-0.25, -0.2) is 0 Å². The van der Waals surface area contributed by atoms with Crippen LogP contribution in [0.5, 0.6) is 11.5 Å². The Labute approximate surface area is 123 Å². The largest absolute Gasteiger partial charge is 0.493 e. The fraction of sp³-hybridized carbons (Fsp3) is 0.188. The molecule has 0 unspecified atom stereocenters. The molecule has 2 aromatic rings. The second kappa shape index (κ2) is 5.97. The SMILES string of the molecule is COc1ccc(C(=O)c2cc(Cl)ccc2C)cc1OC. The summed E-state index contributed by atoms with van der Waals surface area (Å²) < 4.78 is 10.4. The monoisotopic (exact) mass is 290 g/mol. The molecule has 0 aliphatic carbocycles. The van der Waals surface area contributed by atoms with Gasteiger partial charge in [0.15, 0.2) is 17.3 Å². The molecular weight excluding hydrogens is 276 g/mol. The van der Waals surface area contributed by atoms with E-state index >= 15 is 0 Å².